The minimum absolute atomic E-state index is 0.149. The van der Waals surface area contributed by atoms with Crippen LogP contribution in [0.2, 0.25) is 0 Å². The van der Waals surface area contributed by atoms with E-state index in [1.165, 1.54) is 35.4 Å². The zero-order valence-electron chi connectivity index (χ0n) is 13.2. The van der Waals surface area contributed by atoms with E-state index in [2.05, 4.69) is 0 Å². The Balaban J connectivity index is 2.81. The quantitative estimate of drug-likeness (QED) is 0.764. The van der Waals surface area contributed by atoms with Crippen molar-refractivity contribution in [1.29, 1.82) is 0 Å². The largest absolute Gasteiger partial charge is 0.493 e. The number of benzene rings is 1. The predicted molar refractivity (Wildman–Crippen MR) is 80.4 cm³/mol. The van der Waals surface area contributed by atoms with Crippen molar-refractivity contribution >= 4 is 5.78 Å². The van der Waals surface area contributed by atoms with Crippen molar-refractivity contribution in [3.8, 4) is 34.5 Å². The summed E-state index contributed by atoms with van der Waals surface area (Å²) in [6.07, 6.45) is 0. The van der Waals surface area contributed by atoms with Crippen LogP contribution in [-0.2, 0) is 0 Å². The lowest BCUT2D eigenvalue weighted by Crippen LogP contribution is -2.03. The van der Waals surface area contributed by atoms with Gasteiger partial charge in [0.2, 0.25) is 5.75 Å². The molecule has 1 heterocycles. The smallest absolute Gasteiger partial charge is 0.284 e. The van der Waals surface area contributed by atoms with Crippen molar-refractivity contribution in [1.82, 2.24) is 0 Å². The maximum absolute atomic E-state index is 12.0. The molecule has 0 saturated carbocycles. The van der Waals surface area contributed by atoms with Gasteiger partial charge in [-0.2, -0.15) is 0 Å². The van der Waals surface area contributed by atoms with Crippen LogP contribution in [0, 0.1) is 0 Å². The Hall–Kier alpha value is -2.63. The molecule has 0 spiro atoms. The van der Waals surface area contributed by atoms with Gasteiger partial charge in [0.1, 0.15) is 5.76 Å². The van der Waals surface area contributed by atoms with Gasteiger partial charge in [-0.15, -0.1) is 0 Å². The Bertz CT molecular complexity index is 686. The minimum Gasteiger partial charge on any atom is -0.493 e. The van der Waals surface area contributed by atoms with Crippen LogP contribution in [0.1, 0.15) is 17.3 Å². The monoisotopic (exact) mass is 306 g/mol. The summed E-state index contributed by atoms with van der Waals surface area (Å²) in [4.78, 5) is 12.0. The van der Waals surface area contributed by atoms with Crippen molar-refractivity contribution in [2.75, 3.05) is 28.4 Å². The van der Waals surface area contributed by atoms with Gasteiger partial charge in [-0.3, -0.25) is 4.79 Å². The van der Waals surface area contributed by atoms with Crippen molar-refractivity contribution in [2.24, 2.45) is 0 Å². The Kier molecular flexibility index (Phi) is 4.60. The first-order valence-corrected chi connectivity index (χ1v) is 6.55. The molecule has 0 N–H and O–H groups in total. The first kappa shape index (κ1) is 15.8. The second-order valence-electron chi connectivity index (χ2n) is 4.45. The van der Waals surface area contributed by atoms with E-state index in [4.69, 9.17) is 23.4 Å². The summed E-state index contributed by atoms with van der Waals surface area (Å²) in [6.45, 7) is 1.46. The number of Topliss-reactive ketones (excluding diaryl/α,β-unsaturated/α-hetero) is 1. The van der Waals surface area contributed by atoms with Gasteiger partial charge in [-0.05, 0) is 19.1 Å². The second-order valence-corrected chi connectivity index (χ2v) is 4.45. The van der Waals surface area contributed by atoms with Crippen molar-refractivity contribution in [2.45, 2.75) is 6.92 Å². The van der Waals surface area contributed by atoms with E-state index in [0.29, 0.717) is 40.1 Å². The molecule has 6 nitrogen and oxygen atoms in total. The molecule has 0 radical (unpaired) electrons. The lowest BCUT2D eigenvalue weighted by Gasteiger charge is -2.17. The molecule has 0 bridgehead atoms. The first-order valence-electron chi connectivity index (χ1n) is 6.55. The number of carbonyl (C=O) groups is 1. The molecule has 2 aromatic rings. The number of ether oxygens (including phenoxy) is 4. The molecule has 0 fully saturated rings. The van der Waals surface area contributed by atoms with Crippen molar-refractivity contribution < 1.29 is 28.2 Å². The Morgan fingerprint density at radius 2 is 1.64 bits per heavy atom. The molecule has 118 valence electrons. The third-order valence-electron chi connectivity index (χ3n) is 3.24. The average molecular weight is 306 g/mol. The number of rotatable bonds is 6. The molecule has 0 amide bonds. The number of ketones is 1. The summed E-state index contributed by atoms with van der Waals surface area (Å²) in [6, 6.07) is 4.97. The SMILES string of the molecule is COc1ccc(-c2c(C(C)=O)cc(OC)c(OC)c2OC)o1. The third kappa shape index (κ3) is 2.59. The number of furan rings is 1. The summed E-state index contributed by atoms with van der Waals surface area (Å²) in [5, 5.41) is 0. The fourth-order valence-corrected chi connectivity index (χ4v) is 2.24. The minimum atomic E-state index is -0.149. The molecule has 2 rings (SSSR count). The van der Waals surface area contributed by atoms with Crippen LogP contribution < -0.4 is 18.9 Å². The summed E-state index contributed by atoms with van der Waals surface area (Å²) >= 11 is 0. The van der Waals surface area contributed by atoms with E-state index in [9.17, 15) is 4.79 Å². The molecule has 0 atom stereocenters. The molecule has 0 unspecified atom stereocenters. The maximum atomic E-state index is 12.0. The molecule has 22 heavy (non-hydrogen) atoms. The molecule has 1 aromatic heterocycles. The summed E-state index contributed by atoms with van der Waals surface area (Å²) in [5.74, 6) is 1.79. The van der Waals surface area contributed by atoms with E-state index in [-0.39, 0.29) is 5.78 Å². The van der Waals surface area contributed by atoms with Crippen LogP contribution >= 0.6 is 0 Å². The summed E-state index contributed by atoms with van der Waals surface area (Å²) < 4.78 is 26.7. The zero-order valence-corrected chi connectivity index (χ0v) is 13.2. The Morgan fingerprint density at radius 1 is 0.955 bits per heavy atom. The van der Waals surface area contributed by atoms with Gasteiger partial charge < -0.3 is 23.4 Å². The van der Waals surface area contributed by atoms with E-state index in [1.54, 1.807) is 18.2 Å². The normalized spacial score (nSPS) is 10.2. The highest BCUT2D eigenvalue weighted by atomic mass is 16.6. The van der Waals surface area contributed by atoms with Gasteiger partial charge in [0.25, 0.3) is 5.95 Å². The number of hydrogen-bond acceptors (Lipinski definition) is 6. The van der Waals surface area contributed by atoms with Gasteiger partial charge in [0.15, 0.2) is 17.3 Å². The van der Waals surface area contributed by atoms with E-state index in [0.717, 1.165) is 0 Å². The van der Waals surface area contributed by atoms with Crippen LogP contribution in [0.3, 0.4) is 0 Å². The topological polar surface area (TPSA) is 67.1 Å². The van der Waals surface area contributed by atoms with Gasteiger partial charge in [0.05, 0.1) is 34.0 Å². The first-order chi connectivity index (χ1) is 10.6. The highest BCUT2D eigenvalue weighted by Gasteiger charge is 2.25. The standard InChI is InChI=1S/C16H18O6/c1-9(17)10-8-12(18-2)15(20-4)16(21-5)14(10)11-6-7-13(19-3)22-11/h6-8H,1-5H3. The van der Waals surface area contributed by atoms with Gasteiger partial charge in [-0.1, -0.05) is 0 Å². The zero-order chi connectivity index (χ0) is 16.3. The molecule has 6 heteroatoms. The number of carbonyl (C=O) groups excluding carboxylic acids is 1. The lowest BCUT2D eigenvalue weighted by atomic mass is 9.99. The predicted octanol–water partition coefficient (Wildman–Crippen LogP) is 3.18. The third-order valence-corrected chi connectivity index (χ3v) is 3.24. The summed E-state index contributed by atoms with van der Waals surface area (Å²) in [5.41, 5.74) is 0.905. The fourth-order valence-electron chi connectivity index (χ4n) is 2.24. The summed E-state index contributed by atoms with van der Waals surface area (Å²) in [7, 11) is 5.99. The van der Waals surface area contributed by atoms with Crippen LogP contribution in [0.25, 0.3) is 11.3 Å². The molecular formula is C16H18O6. The van der Waals surface area contributed by atoms with E-state index in [1.807, 2.05) is 0 Å². The van der Waals surface area contributed by atoms with Gasteiger partial charge in [-0.25, -0.2) is 0 Å². The molecule has 0 aliphatic rings. The molecule has 1 aromatic carbocycles. The van der Waals surface area contributed by atoms with Crippen LogP contribution in [0.4, 0.5) is 0 Å². The molecular weight excluding hydrogens is 288 g/mol. The van der Waals surface area contributed by atoms with Crippen molar-refractivity contribution in [3.05, 3.63) is 23.8 Å². The molecule has 0 saturated heterocycles. The van der Waals surface area contributed by atoms with Gasteiger partial charge >= 0.3 is 0 Å². The van der Waals surface area contributed by atoms with Crippen molar-refractivity contribution in [3.63, 3.8) is 0 Å². The highest BCUT2D eigenvalue weighted by Crippen LogP contribution is 2.47. The molecule has 0 aliphatic carbocycles. The van der Waals surface area contributed by atoms with E-state index >= 15 is 0 Å². The van der Waals surface area contributed by atoms with Crippen LogP contribution in [-0.4, -0.2) is 34.2 Å². The number of methoxy groups -OCH3 is 4. The molecule has 0 aliphatic heterocycles. The maximum Gasteiger partial charge on any atom is 0.284 e. The van der Waals surface area contributed by atoms with Crippen LogP contribution in [0.5, 0.6) is 23.2 Å². The average Bonchev–Trinajstić information content (AvgIpc) is 3.00. The lowest BCUT2D eigenvalue weighted by molar-refractivity contribution is 0.101. The number of hydrogen-bond donors (Lipinski definition) is 0. The van der Waals surface area contributed by atoms with E-state index < -0.39 is 0 Å². The highest BCUT2D eigenvalue weighted by molar-refractivity contribution is 6.03. The van der Waals surface area contributed by atoms with Crippen LogP contribution in [0.15, 0.2) is 22.6 Å². The van der Waals surface area contributed by atoms with Gasteiger partial charge in [0, 0.05) is 11.6 Å². The second kappa shape index (κ2) is 6.43. The Morgan fingerprint density at radius 3 is 2.09 bits per heavy atom. The Labute approximate surface area is 128 Å². The fraction of sp³-hybridized carbons (Fsp3) is 0.312.